The molecule has 0 aromatic carbocycles. The van der Waals surface area contributed by atoms with Gasteiger partial charge in [0.15, 0.2) is 6.10 Å². The number of phosphoric acid groups is 1. The van der Waals surface area contributed by atoms with Crippen molar-refractivity contribution in [2.45, 2.75) is 238 Å². The van der Waals surface area contributed by atoms with Gasteiger partial charge in [0.1, 0.15) is 6.61 Å². The number of carbonyl (C=O) groups excluding carboxylic acids is 2. The largest absolute Gasteiger partial charge is 0.472 e. The van der Waals surface area contributed by atoms with Gasteiger partial charge >= 0.3 is 19.8 Å². The highest BCUT2D eigenvalue weighted by Crippen LogP contribution is 2.43. The van der Waals surface area contributed by atoms with Crippen molar-refractivity contribution in [2.75, 3.05) is 26.4 Å². The predicted molar refractivity (Wildman–Crippen MR) is 238 cm³/mol. The maximum atomic E-state index is 12.6. The minimum absolute atomic E-state index is 0.0538. The molecule has 0 aromatic heterocycles. The summed E-state index contributed by atoms with van der Waals surface area (Å²) in [5.41, 5.74) is 5.36. The van der Waals surface area contributed by atoms with Crippen LogP contribution < -0.4 is 5.73 Å². The summed E-state index contributed by atoms with van der Waals surface area (Å²) in [5.74, 6) is -0.827. The normalized spacial score (nSPS) is 13.4. The predicted octanol–water partition coefficient (Wildman–Crippen LogP) is 13.9. The van der Waals surface area contributed by atoms with E-state index in [4.69, 9.17) is 24.3 Å². The molecule has 0 aromatic rings. The first-order valence-electron chi connectivity index (χ1n) is 23.8. The van der Waals surface area contributed by atoms with Gasteiger partial charge in [-0.3, -0.25) is 18.6 Å². The molecule has 0 spiro atoms. The van der Waals surface area contributed by atoms with E-state index in [0.717, 1.165) is 51.4 Å². The van der Waals surface area contributed by atoms with E-state index in [-0.39, 0.29) is 38.6 Å². The SMILES string of the molecule is CCCCCCCC/C=C\CCCCCCCCCCCC(=O)O[C@H](COC(=O)CCCCCCCCC/C=C\CCCCCCCC)COP(=O)(O)OCCN. The molecule has 0 aliphatic heterocycles. The Hall–Kier alpha value is -1.51. The summed E-state index contributed by atoms with van der Waals surface area (Å²) in [4.78, 5) is 35.0. The molecular formula is C47H90NO8P. The van der Waals surface area contributed by atoms with Crippen molar-refractivity contribution in [1.82, 2.24) is 0 Å². The minimum Gasteiger partial charge on any atom is -0.462 e. The Morgan fingerprint density at radius 1 is 0.509 bits per heavy atom. The Morgan fingerprint density at radius 3 is 1.25 bits per heavy atom. The van der Waals surface area contributed by atoms with Gasteiger partial charge in [0, 0.05) is 19.4 Å². The first-order valence-corrected chi connectivity index (χ1v) is 25.3. The maximum Gasteiger partial charge on any atom is 0.472 e. The first kappa shape index (κ1) is 55.5. The molecule has 57 heavy (non-hydrogen) atoms. The number of carbonyl (C=O) groups is 2. The van der Waals surface area contributed by atoms with E-state index in [0.29, 0.717) is 6.42 Å². The lowest BCUT2D eigenvalue weighted by atomic mass is 10.1. The third-order valence-electron chi connectivity index (χ3n) is 10.3. The molecule has 0 rings (SSSR count). The fraction of sp³-hybridized carbons (Fsp3) is 0.872. The Kier molecular flexibility index (Phi) is 42.9. The summed E-state index contributed by atoms with van der Waals surface area (Å²) in [7, 11) is -4.38. The van der Waals surface area contributed by atoms with E-state index in [9.17, 15) is 19.0 Å². The van der Waals surface area contributed by atoms with Crippen LogP contribution in [0, 0.1) is 0 Å². The Balaban J connectivity index is 4.09. The quantitative estimate of drug-likeness (QED) is 0.0266. The molecule has 0 saturated heterocycles. The van der Waals surface area contributed by atoms with Gasteiger partial charge in [0.05, 0.1) is 13.2 Å². The molecule has 0 saturated carbocycles. The maximum absolute atomic E-state index is 12.6. The third kappa shape index (κ3) is 43.9. The summed E-state index contributed by atoms with van der Waals surface area (Å²) in [6.07, 6.45) is 47.8. The number of esters is 2. The summed E-state index contributed by atoms with van der Waals surface area (Å²) < 4.78 is 32.9. The molecule has 9 nitrogen and oxygen atoms in total. The Labute approximate surface area is 351 Å². The molecule has 0 amide bonds. The highest BCUT2D eigenvalue weighted by Gasteiger charge is 2.26. The number of unbranched alkanes of at least 4 members (excludes halogenated alkanes) is 28. The van der Waals surface area contributed by atoms with Gasteiger partial charge in [-0.05, 0) is 64.2 Å². The molecule has 3 N–H and O–H groups in total. The van der Waals surface area contributed by atoms with Gasteiger partial charge < -0.3 is 20.1 Å². The molecule has 1 unspecified atom stereocenters. The van der Waals surface area contributed by atoms with Crippen molar-refractivity contribution < 1.29 is 37.6 Å². The van der Waals surface area contributed by atoms with E-state index < -0.39 is 26.5 Å². The van der Waals surface area contributed by atoms with Crippen LogP contribution in [-0.4, -0.2) is 49.3 Å². The monoisotopic (exact) mass is 828 g/mol. The fourth-order valence-electron chi connectivity index (χ4n) is 6.74. The van der Waals surface area contributed by atoms with Gasteiger partial charge in [-0.1, -0.05) is 179 Å². The van der Waals surface area contributed by atoms with E-state index in [2.05, 4.69) is 38.2 Å². The standard InChI is InChI=1S/C47H90NO8P/c1-3-5-7-9-11-13-15-17-19-21-22-24-26-28-30-32-34-36-38-40-47(50)56-45(44-55-57(51,52)54-42-41-48)43-53-46(49)39-37-35-33-31-29-27-25-23-20-18-16-14-12-10-8-6-4-2/h17-20,45H,3-16,21-44,48H2,1-2H3,(H,51,52)/b19-17-,20-18-/t45-/m1/s1. The minimum atomic E-state index is -4.38. The van der Waals surface area contributed by atoms with Crippen LogP contribution in [-0.2, 0) is 32.7 Å². The number of hydrogen-bond acceptors (Lipinski definition) is 8. The van der Waals surface area contributed by atoms with Crippen LogP contribution >= 0.6 is 7.82 Å². The second kappa shape index (κ2) is 44.1. The molecule has 0 radical (unpaired) electrons. The van der Waals surface area contributed by atoms with Gasteiger partial charge in [0.2, 0.25) is 0 Å². The second-order valence-electron chi connectivity index (χ2n) is 16.0. The first-order chi connectivity index (χ1) is 27.8. The summed E-state index contributed by atoms with van der Waals surface area (Å²) >= 11 is 0. The highest BCUT2D eigenvalue weighted by atomic mass is 31.2. The number of phosphoric ester groups is 1. The topological polar surface area (TPSA) is 134 Å². The smallest absolute Gasteiger partial charge is 0.462 e. The van der Waals surface area contributed by atoms with E-state index >= 15 is 0 Å². The van der Waals surface area contributed by atoms with Crippen molar-refractivity contribution in [3.05, 3.63) is 24.3 Å². The lowest BCUT2D eigenvalue weighted by molar-refractivity contribution is -0.161. The Morgan fingerprint density at radius 2 is 0.860 bits per heavy atom. The van der Waals surface area contributed by atoms with Crippen LogP contribution in [0.1, 0.15) is 232 Å². The zero-order chi connectivity index (χ0) is 41.8. The van der Waals surface area contributed by atoms with Crippen molar-refractivity contribution in [3.63, 3.8) is 0 Å². The number of rotatable bonds is 45. The molecule has 0 heterocycles. The van der Waals surface area contributed by atoms with E-state index in [1.54, 1.807) is 0 Å². The van der Waals surface area contributed by atoms with Crippen LogP contribution in [0.2, 0.25) is 0 Å². The molecule has 2 atom stereocenters. The van der Waals surface area contributed by atoms with Crippen LogP contribution in [0.5, 0.6) is 0 Å². The van der Waals surface area contributed by atoms with Gasteiger partial charge in [-0.15, -0.1) is 0 Å². The molecule has 10 heteroatoms. The van der Waals surface area contributed by atoms with E-state index in [1.807, 2.05) is 0 Å². The Bertz CT molecular complexity index is 990. The third-order valence-corrected chi connectivity index (χ3v) is 11.3. The van der Waals surface area contributed by atoms with Gasteiger partial charge in [-0.25, -0.2) is 4.57 Å². The zero-order valence-corrected chi connectivity index (χ0v) is 38.0. The number of ether oxygens (including phenoxy) is 2. The summed E-state index contributed by atoms with van der Waals surface area (Å²) in [6.45, 7) is 3.75. The fourth-order valence-corrected chi connectivity index (χ4v) is 7.51. The number of nitrogens with two attached hydrogens (primary N) is 1. The van der Waals surface area contributed by atoms with Crippen molar-refractivity contribution in [3.8, 4) is 0 Å². The molecule has 0 aliphatic carbocycles. The number of hydrogen-bond donors (Lipinski definition) is 2. The summed E-state index contributed by atoms with van der Waals surface area (Å²) in [5, 5.41) is 0. The molecule has 0 aliphatic rings. The molecule has 0 bridgehead atoms. The van der Waals surface area contributed by atoms with Crippen molar-refractivity contribution in [1.29, 1.82) is 0 Å². The number of allylic oxidation sites excluding steroid dienone is 4. The summed E-state index contributed by atoms with van der Waals surface area (Å²) in [6, 6.07) is 0. The van der Waals surface area contributed by atoms with Crippen molar-refractivity contribution in [2.24, 2.45) is 5.73 Å². The zero-order valence-electron chi connectivity index (χ0n) is 37.1. The highest BCUT2D eigenvalue weighted by molar-refractivity contribution is 7.47. The average Bonchev–Trinajstić information content (AvgIpc) is 3.20. The lowest BCUT2D eigenvalue weighted by Crippen LogP contribution is -2.29. The lowest BCUT2D eigenvalue weighted by Gasteiger charge is -2.19. The van der Waals surface area contributed by atoms with Crippen LogP contribution in [0.15, 0.2) is 24.3 Å². The van der Waals surface area contributed by atoms with E-state index in [1.165, 1.54) is 148 Å². The molecule has 336 valence electrons. The van der Waals surface area contributed by atoms with Crippen molar-refractivity contribution >= 4 is 19.8 Å². The second-order valence-corrected chi connectivity index (χ2v) is 17.4. The molecular weight excluding hydrogens is 737 g/mol. The van der Waals surface area contributed by atoms with Gasteiger partial charge in [-0.2, -0.15) is 0 Å². The van der Waals surface area contributed by atoms with Crippen LogP contribution in [0.4, 0.5) is 0 Å². The van der Waals surface area contributed by atoms with Crippen LogP contribution in [0.3, 0.4) is 0 Å². The van der Waals surface area contributed by atoms with Gasteiger partial charge in [0.25, 0.3) is 0 Å². The average molecular weight is 828 g/mol. The van der Waals surface area contributed by atoms with Crippen LogP contribution in [0.25, 0.3) is 0 Å². The molecule has 0 fully saturated rings.